The summed E-state index contributed by atoms with van der Waals surface area (Å²) >= 11 is 3.06. The van der Waals surface area contributed by atoms with Crippen molar-refractivity contribution >= 4 is 34.5 Å². The first-order valence-corrected chi connectivity index (χ1v) is 12.8. The molecule has 0 spiro atoms. The molecular formula is C25H26N2O4S2. The first-order valence-electron chi connectivity index (χ1n) is 11.1. The Labute approximate surface area is 201 Å². The quantitative estimate of drug-likeness (QED) is 0.533. The maximum Gasteiger partial charge on any atom is 0.264 e. The molecule has 2 amide bonds. The lowest BCUT2D eigenvalue weighted by atomic mass is 9.90. The Hall–Kier alpha value is -2.84. The van der Waals surface area contributed by atoms with Crippen LogP contribution in [0.2, 0.25) is 0 Å². The molecule has 0 radical (unpaired) electrons. The molecule has 2 aliphatic rings. The first-order chi connectivity index (χ1) is 16.1. The number of thiophene rings is 2. The van der Waals surface area contributed by atoms with Crippen LogP contribution in [0.25, 0.3) is 0 Å². The number of methoxy groups -OCH3 is 2. The van der Waals surface area contributed by atoms with E-state index in [1.54, 1.807) is 30.5 Å². The van der Waals surface area contributed by atoms with Crippen LogP contribution in [-0.4, -0.2) is 55.0 Å². The first kappa shape index (κ1) is 22.0. The van der Waals surface area contributed by atoms with Crippen molar-refractivity contribution in [1.82, 2.24) is 9.80 Å². The SMILES string of the molecule is COc1cc2c(cc1OC)[C@H](c1cccs1)N(C(=O)[C@@H]1CCCN1C(=O)c1cccs1)CC2. The van der Waals surface area contributed by atoms with E-state index in [9.17, 15) is 9.59 Å². The molecule has 0 N–H and O–H groups in total. The van der Waals surface area contributed by atoms with Crippen molar-refractivity contribution in [3.63, 3.8) is 0 Å². The Morgan fingerprint density at radius 3 is 2.42 bits per heavy atom. The summed E-state index contributed by atoms with van der Waals surface area (Å²) in [6, 6.07) is 11.2. The van der Waals surface area contributed by atoms with Crippen molar-refractivity contribution in [2.45, 2.75) is 31.3 Å². The largest absolute Gasteiger partial charge is 0.493 e. The van der Waals surface area contributed by atoms with Gasteiger partial charge in [0.15, 0.2) is 11.5 Å². The van der Waals surface area contributed by atoms with Gasteiger partial charge in [0.25, 0.3) is 5.91 Å². The van der Waals surface area contributed by atoms with Crippen LogP contribution < -0.4 is 9.47 Å². The number of nitrogens with zero attached hydrogens (tertiary/aromatic N) is 2. The minimum absolute atomic E-state index is 0.0243. The van der Waals surface area contributed by atoms with Crippen molar-refractivity contribution in [3.8, 4) is 11.5 Å². The summed E-state index contributed by atoms with van der Waals surface area (Å²) in [5.74, 6) is 1.33. The number of benzene rings is 1. The molecule has 2 aliphatic heterocycles. The molecule has 172 valence electrons. The molecule has 5 rings (SSSR count). The van der Waals surface area contributed by atoms with Gasteiger partial charge < -0.3 is 19.3 Å². The van der Waals surface area contributed by atoms with Crippen LogP contribution in [0.15, 0.2) is 47.2 Å². The molecule has 0 unspecified atom stereocenters. The highest BCUT2D eigenvalue weighted by Gasteiger charge is 2.42. The van der Waals surface area contributed by atoms with E-state index in [0.717, 1.165) is 28.8 Å². The van der Waals surface area contributed by atoms with Gasteiger partial charge in [0.1, 0.15) is 6.04 Å². The van der Waals surface area contributed by atoms with Gasteiger partial charge in [0, 0.05) is 18.0 Å². The zero-order chi connectivity index (χ0) is 22.9. The minimum atomic E-state index is -0.427. The highest BCUT2D eigenvalue weighted by molar-refractivity contribution is 7.12. The van der Waals surface area contributed by atoms with Crippen LogP contribution in [0.3, 0.4) is 0 Å². The van der Waals surface area contributed by atoms with E-state index in [1.807, 2.05) is 46.0 Å². The second kappa shape index (κ2) is 9.19. The fourth-order valence-electron chi connectivity index (χ4n) is 4.94. The number of carbonyl (C=O) groups excluding carboxylic acids is 2. The molecule has 2 aromatic heterocycles. The number of fused-ring (bicyclic) bond motifs is 1. The van der Waals surface area contributed by atoms with Gasteiger partial charge in [0.05, 0.1) is 25.1 Å². The zero-order valence-electron chi connectivity index (χ0n) is 18.7. The molecule has 2 atom stereocenters. The van der Waals surface area contributed by atoms with Crippen LogP contribution in [0, 0.1) is 0 Å². The second-order valence-electron chi connectivity index (χ2n) is 8.24. The lowest BCUT2D eigenvalue weighted by molar-refractivity contribution is -0.137. The van der Waals surface area contributed by atoms with Crippen molar-refractivity contribution in [2.24, 2.45) is 0 Å². The summed E-state index contributed by atoms with van der Waals surface area (Å²) in [6.07, 6.45) is 2.27. The summed E-state index contributed by atoms with van der Waals surface area (Å²) in [6.45, 7) is 1.22. The smallest absolute Gasteiger partial charge is 0.264 e. The van der Waals surface area contributed by atoms with Crippen molar-refractivity contribution in [2.75, 3.05) is 27.3 Å². The third-order valence-electron chi connectivity index (χ3n) is 6.50. The average Bonchev–Trinajstić information content (AvgIpc) is 3.64. The van der Waals surface area contributed by atoms with Gasteiger partial charge in [-0.2, -0.15) is 0 Å². The Bertz CT molecular complexity index is 1140. The van der Waals surface area contributed by atoms with Crippen LogP contribution in [0.1, 0.15) is 44.6 Å². The van der Waals surface area contributed by atoms with E-state index < -0.39 is 6.04 Å². The van der Waals surface area contributed by atoms with Gasteiger partial charge in [-0.25, -0.2) is 0 Å². The molecule has 1 aromatic carbocycles. The Morgan fingerprint density at radius 1 is 0.970 bits per heavy atom. The van der Waals surface area contributed by atoms with Crippen molar-refractivity contribution in [3.05, 3.63) is 68.0 Å². The third-order valence-corrected chi connectivity index (χ3v) is 8.28. The maximum atomic E-state index is 14.0. The van der Waals surface area contributed by atoms with Crippen LogP contribution in [0.5, 0.6) is 11.5 Å². The van der Waals surface area contributed by atoms with Crippen molar-refractivity contribution < 1.29 is 19.1 Å². The number of hydrogen-bond donors (Lipinski definition) is 0. The summed E-state index contributed by atoms with van der Waals surface area (Å²) in [5, 5.41) is 3.94. The number of carbonyl (C=O) groups is 2. The second-order valence-corrected chi connectivity index (χ2v) is 10.2. The lowest BCUT2D eigenvalue weighted by Crippen LogP contribution is -2.50. The van der Waals surface area contributed by atoms with Crippen LogP contribution in [0.4, 0.5) is 0 Å². The minimum Gasteiger partial charge on any atom is -0.493 e. The summed E-state index contributed by atoms with van der Waals surface area (Å²) < 4.78 is 11.1. The highest BCUT2D eigenvalue weighted by atomic mass is 32.1. The van der Waals surface area contributed by atoms with Gasteiger partial charge in [-0.05, 0) is 65.4 Å². The van der Waals surface area contributed by atoms with Gasteiger partial charge in [-0.3, -0.25) is 9.59 Å². The predicted octanol–water partition coefficient (Wildman–Crippen LogP) is 4.61. The number of amides is 2. The highest BCUT2D eigenvalue weighted by Crippen LogP contribution is 2.43. The molecular weight excluding hydrogens is 456 g/mol. The van der Waals surface area contributed by atoms with Gasteiger partial charge in [0.2, 0.25) is 5.91 Å². The summed E-state index contributed by atoms with van der Waals surface area (Å²) in [4.78, 5) is 32.6. The molecule has 4 heterocycles. The molecule has 6 nitrogen and oxygen atoms in total. The molecule has 0 saturated carbocycles. The summed E-state index contributed by atoms with van der Waals surface area (Å²) in [5.41, 5.74) is 2.22. The molecule has 3 aromatic rings. The van der Waals surface area contributed by atoms with Crippen LogP contribution in [-0.2, 0) is 11.2 Å². The molecule has 1 fully saturated rings. The number of rotatable bonds is 5. The van der Waals surface area contributed by atoms with Gasteiger partial charge in [-0.1, -0.05) is 12.1 Å². The van der Waals surface area contributed by atoms with E-state index in [0.29, 0.717) is 35.9 Å². The van der Waals surface area contributed by atoms with Gasteiger partial charge in [-0.15, -0.1) is 22.7 Å². The maximum absolute atomic E-state index is 14.0. The molecule has 1 saturated heterocycles. The topological polar surface area (TPSA) is 59.1 Å². The lowest BCUT2D eigenvalue weighted by Gasteiger charge is -2.40. The monoisotopic (exact) mass is 482 g/mol. The molecule has 8 heteroatoms. The summed E-state index contributed by atoms with van der Waals surface area (Å²) in [7, 11) is 3.27. The fraction of sp³-hybridized carbons (Fsp3) is 0.360. The number of likely N-dealkylation sites (tertiary alicyclic amines) is 1. The number of hydrogen-bond acceptors (Lipinski definition) is 6. The normalized spacial score (nSPS) is 19.9. The van der Waals surface area contributed by atoms with Gasteiger partial charge >= 0.3 is 0 Å². The fourth-order valence-corrected chi connectivity index (χ4v) is 6.47. The average molecular weight is 483 g/mol. The predicted molar refractivity (Wildman–Crippen MR) is 130 cm³/mol. The van der Waals surface area contributed by atoms with E-state index in [-0.39, 0.29) is 17.9 Å². The Balaban J connectivity index is 1.51. The van der Waals surface area contributed by atoms with E-state index in [4.69, 9.17) is 9.47 Å². The van der Waals surface area contributed by atoms with E-state index in [2.05, 4.69) is 6.07 Å². The molecule has 0 bridgehead atoms. The Kier molecular flexibility index (Phi) is 6.12. The molecule has 33 heavy (non-hydrogen) atoms. The third kappa shape index (κ3) is 3.91. The van der Waals surface area contributed by atoms with E-state index in [1.165, 1.54) is 11.3 Å². The van der Waals surface area contributed by atoms with Crippen LogP contribution >= 0.6 is 22.7 Å². The van der Waals surface area contributed by atoms with Crippen molar-refractivity contribution in [1.29, 1.82) is 0 Å². The standard InChI is InChI=1S/C25H26N2O4S2/c1-30-19-14-16-9-11-27(23(21-7-4-12-32-21)17(16)15-20(19)31-2)24(28)18-6-3-10-26(18)25(29)22-8-5-13-33-22/h4-5,7-8,12-15,18,23H,3,6,9-11H2,1-2H3/t18-,23+/m0/s1. The Morgan fingerprint density at radius 2 is 1.73 bits per heavy atom. The molecule has 0 aliphatic carbocycles. The number of ether oxygens (including phenoxy) is 2. The zero-order valence-corrected chi connectivity index (χ0v) is 20.3. The van der Waals surface area contributed by atoms with E-state index >= 15 is 0 Å².